The lowest BCUT2D eigenvalue weighted by atomic mass is 10.5. The zero-order valence-electron chi connectivity index (χ0n) is 11.7. The van der Waals surface area contributed by atoms with Crippen molar-refractivity contribution >= 4 is 20.0 Å². The lowest BCUT2D eigenvalue weighted by Gasteiger charge is -2.31. The van der Waals surface area contributed by atoms with E-state index in [0.29, 0.717) is 8.61 Å². The first-order valence-corrected chi connectivity index (χ1v) is 9.70. The highest BCUT2D eigenvalue weighted by Gasteiger charge is 2.48. The fourth-order valence-corrected chi connectivity index (χ4v) is 5.43. The van der Waals surface area contributed by atoms with Gasteiger partial charge in [0.05, 0.1) is 26.4 Å². The molecule has 0 N–H and O–H groups in total. The molecule has 2 aliphatic heterocycles. The molecule has 0 aromatic heterocycles. The average molecular weight is 364 g/mol. The lowest BCUT2D eigenvalue weighted by Crippen LogP contribution is -2.51. The van der Waals surface area contributed by atoms with Crippen LogP contribution in [0.25, 0.3) is 0 Å². The average Bonchev–Trinajstić information content (AvgIpc) is 2.55. The van der Waals surface area contributed by atoms with E-state index < -0.39 is 31.1 Å². The monoisotopic (exact) mass is 364 g/mol. The predicted octanol–water partition coefficient (Wildman–Crippen LogP) is -1.10. The second-order valence-electron chi connectivity index (χ2n) is 4.82. The summed E-state index contributed by atoms with van der Waals surface area (Å²) in [6.45, 7) is -0.309. The van der Waals surface area contributed by atoms with Crippen molar-refractivity contribution in [3.05, 3.63) is 0 Å². The van der Waals surface area contributed by atoms with Crippen LogP contribution in [-0.4, -0.2) is 89.1 Å². The van der Waals surface area contributed by atoms with Gasteiger partial charge in [0.1, 0.15) is 0 Å². The van der Waals surface area contributed by atoms with E-state index in [0.717, 1.165) is 0 Å². The second kappa shape index (κ2) is 7.01. The molecule has 2 saturated heterocycles. The van der Waals surface area contributed by atoms with Crippen molar-refractivity contribution in [2.75, 3.05) is 52.6 Å². The molecule has 2 heterocycles. The third kappa shape index (κ3) is 3.57. The summed E-state index contributed by atoms with van der Waals surface area (Å²) in [6, 6.07) is 0. The number of alkyl halides is 2. The summed E-state index contributed by atoms with van der Waals surface area (Å²) < 4.78 is 87.6. The van der Waals surface area contributed by atoms with E-state index in [2.05, 4.69) is 0 Å². The second-order valence-corrected chi connectivity index (χ2v) is 8.81. The summed E-state index contributed by atoms with van der Waals surface area (Å²) in [4.78, 5) is 0. The number of ether oxygens (including phenoxy) is 2. The van der Waals surface area contributed by atoms with Gasteiger partial charge in [-0.3, -0.25) is 0 Å². The molecule has 0 saturated carbocycles. The molecule has 2 fully saturated rings. The number of hydrogen-bond acceptors (Lipinski definition) is 6. The SMILES string of the molecule is O=S(=O)(C(F)C(F)S(=O)(=O)N1CCOCC1)N1CCOCC1. The van der Waals surface area contributed by atoms with Crippen LogP contribution in [0.5, 0.6) is 0 Å². The molecule has 0 aromatic rings. The molecule has 12 heteroatoms. The first kappa shape index (κ1) is 17.9. The van der Waals surface area contributed by atoms with Gasteiger partial charge in [-0.15, -0.1) is 0 Å². The van der Waals surface area contributed by atoms with E-state index in [1.807, 2.05) is 0 Å². The quantitative estimate of drug-likeness (QED) is 0.615. The Kier molecular flexibility index (Phi) is 5.72. The molecule has 0 radical (unpaired) electrons. The highest BCUT2D eigenvalue weighted by molar-refractivity contribution is 7.93. The number of rotatable bonds is 5. The van der Waals surface area contributed by atoms with Crippen LogP contribution in [-0.2, 0) is 29.5 Å². The minimum atomic E-state index is -4.71. The standard InChI is InChI=1S/C10H18F2N2O6S2/c11-9(21(15,16)13-1-5-19-6-2-13)10(12)22(17,18)14-3-7-20-8-4-14/h9-10H,1-8H2. The smallest absolute Gasteiger partial charge is 0.261 e. The number of hydrogen-bond donors (Lipinski definition) is 0. The maximum Gasteiger partial charge on any atom is 0.261 e. The Balaban J connectivity index is 2.14. The van der Waals surface area contributed by atoms with Crippen molar-refractivity contribution in [2.24, 2.45) is 0 Å². The van der Waals surface area contributed by atoms with Crippen molar-refractivity contribution < 1.29 is 35.1 Å². The Hall–Kier alpha value is -0.400. The van der Waals surface area contributed by atoms with Gasteiger partial charge in [0.25, 0.3) is 31.1 Å². The van der Waals surface area contributed by atoms with E-state index in [1.165, 1.54) is 0 Å². The fraction of sp³-hybridized carbons (Fsp3) is 1.00. The summed E-state index contributed by atoms with van der Waals surface area (Å²) in [5, 5.41) is 0. The van der Waals surface area contributed by atoms with Crippen LogP contribution < -0.4 is 0 Å². The lowest BCUT2D eigenvalue weighted by molar-refractivity contribution is 0.0688. The molecule has 2 aliphatic rings. The molecule has 0 bridgehead atoms. The Labute approximate surface area is 128 Å². The molecule has 0 aromatic carbocycles. The summed E-state index contributed by atoms with van der Waals surface area (Å²) in [5.74, 6) is 0. The van der Waals surface area contributed by atoms with E-state index in [-0.39, 0.29) is 52.6 Å². The summed E-state index contributed by atoms with van der Waals surface area (Å²) in [6.07, 6.45) is 0. The highest BCUT2D eigenvalue weighted by atomic mass is 32.2. The van der Waals surface area contributed by atoms with Crippen molar-refractivity contribution in [3.63, 3.8) is 0 Å². The maximum atomic E-state index is 14.1. The Morgan fingerprint density at radius 2 is 0.955 bits per heavy atom. The van der Waals surface area contributed by atoms with Crippen LogP contribution >= 0.6 is 0 Å². The van der Waals surface area contributed by atoms with Gasteiger partial charge >= 0.3 is 0 Å². The van der Waals surface area contributed by atoms with E-state index in [9.17, 15) is 25.6 Å². The molecule has 8 nitrogen and oxygen atoms in total. The van der Waals surface area contributed by atoms with Crippen molar-refractivity contribution in [1.29, 1.82) is 0 Å². The molecule has 0 amide bonds. The predicted molar refractivity (Wildman–Crippen MR) is 72.4 cm³/mol. The summed E-state index contributed by atoms with van der Waals surface area (Å²) in [5.41, 5.74) is -6.34. The zero-order chi connectivity index (χ0) is 16.4. The van der Waals surface area contributed by atoms with Crippen molar-refractivity contribution in [2.45, 2.75) is 11.0 Å². The van der Waals surface area contributed by atoms with Crippen LogP contribution in [0, 0.1) is 0 Å². The van der Waals surface area contributed by atoms with Crippen LogP contribution in [0.3, 0.4) is 0 Å². The minimum Gasteiger partial charge on any atom is -0.379 e. The molecule has 0 spiro atoms. The number of morpholine rings is 2. The molecular formula is C10H18F2N2O6S2. The van der Waals surface area contributed by atoms with Crippen molar-refractivity contribution in [3.8, 4) is 0 Å². The first-order valence-electron chi connectivity index (χ1n) is 6.69. The normalized spacial score (nSPS) is 25.7. The first-order chi connectivity index (χ1) is 10.3. The molecule has 0 aliphatic carbocycles. The van der Waals surface area contributed by atoms with Gasteiger partial charge in [-0.25, -0.2) is 25.6 Å². The van der Waals surface area contributed by atoms with Crippen molar-refractivity contribution in [1.82, 2.24) is 8.61 Å². The van der Waals surface area contributed by atoms with Crippen LogP contribution in [0.2, 0.25) is 0 Å². The molecule has 130 valence electrons. The Morgan fingerprint density at radius 1 is 0.682 bits per heavy atom. The topological polar surface area (TPSA) is 93.2 Å². The molecular weight excluding hydrogens is 346 g/mol. The summed E-state index contributed by atoms with van der Waals surface area (Å²) in [7, 11) is -9.42. The number of nitrogens with zero attached hydrogens (tertiary/aromatic N) is 2. The summed E-state index contributed by atoms with van der Waals surface area (Å²) >= 11 is 0. The number of halogens is 2. The van der Waals surface area contributed by atoms with Crippen LogP contribution in [0.4, 0.5) is 8.78 Å². The molecule has 2 unspecified atom stereocenters. The maximum absolute atomic E-state index is 14.1. The van der Waals surface area contributed by atoms with Gasteiger partial charge in [0.15, 0.2) is 0 Å². The van der Waals surface area contributed by atoms with Crippen LogP contribution in [0.15, 0.2) is 0 Å². The van der Waals surface area contributed by atoms with E-state index >= 15 is 0 Å². The molecule has 2 rings (SSSR count). The third-order valence-electron chi connectivity index (χ3n) is 3.44. The van der Waals surface area contributed by atoms with Gasteiger partial charge in [0, 0.05) is 26.2 Å². The minimum absolute atomic E-state index is 0.0547. The van der Waals surface area contributed by atoms with Gasteiger partial charge in [-0.1, -0.05) is 0 Å². The Morgan fingerprint density at radius 3 is 1.23 bits per heavy atom. The fourth-order valence-electron chi connectivity index (χ4n) is 2.16. The zero-order valence-corrected chi connectivity index (χ0v) is 13.4. The third-order valence-corrected chi connectivity index (χ3v) is 7.39. The largest absolute Gasteiger partial charge is 0.379 e. The Bertz CT molecular complexity index is 520. The molecule has 2 atom stereocenters. The van der Waals surface area contributed by atoms with Gasteiger partial charge in [-0.05, 0) is 0 Å². The van der Waals surface area contributed by atoms with Gasteiger partial charge in [-0.2, -0.15) is 8.61 Å². The van der Waals surface area contributed by atoms with Gasteiger partial charge < -0.3 is 9.47 Å². The number of sulfonamides is 2. The van der Waals surface area contributed by atoms with E-state index in [4.69, 9.17) is 9.47 Å². The van der Waals surface area contributed by atoms with E-state index in [1.54, 1.807) is 0 Å². The highest BCUT2D eigenvalue weighted by Crippen LogP contribution is 2.24. The van der Waals surface area contributed by atoms with Gasteiger partial charge in [0.2, 0.25) is 0 Å². The van der Waals surface area contributed by atoms with Crippen LogP contribution in [0.1, 0.15) is 0 Å². The molecule has 22 heavy (non-hydrogen) atoms.